The van der Waals surface area contributed by atoms with Gasteiger partial charge in [0.25, 0.3) is 10.0 Å². The molecule has 0 saturated heterocycles. The van der Waals surface area contributed by atoms with Crippen molar-refractivity contribution < 1.29 is 22.7 Å². The van der Waals surface area contributed by atoms with Gasteiger partial charge >= 0.3 is 0 Å². The van der Waals surface area contributed by atoms with E-state index in [1.807, 2.05) is 13.8 Å². The molecule has 0 heterocycles. The monoisotopic (exact) mass is 653 g/mol. The van der Waals surface area contributed by atoms with Gasteiger partial charge in [0, 0.05) is 17.6 Å². The first-order chi connectivity index (χ1) is 19.9. The summed E-state index contributed by atoms with van der Waals surface area (Å²) in [6.45, 7) is 5.01. The van der Waals surface area contributed by atoms with Crippen LogP contribution in [0, 0.1) is 0 Å². The molecule has 0 aliphatic carbocycles. The maximum absolute atomic E-state index is 14.1. The maximum atomic E-state index is 14.1. The largest absolute Gasteiger partial charge is 0.497 e. The van der Waals surface area contributed by atoms with E-state index in [1.54, 1.807) is 43.3 Å². The Hall–Kier alpha value is -2.98. The lowest BCUT2D eigenvalue weighted by atomic mass is 10.1. The second-order valence-electron chi connectivity index (χ2n) is 9.68. The van der Waals surface area contributed by atoms with Crippen molar-refractivity contribution in [2.75, 3.05) is 18.0 Å². The van der Waals surface area contributed by atoms with Gasteiger partial charge in [0.2, 0.25) is 11.8 Å². The highest BCUT2D eigenvalue weighted by molar-refractivity contribution is 7.92. The number of benzene rings is 3. The van der Waals surface area contributed by atoms with E-state index in [1.165, 1.54) is 42.3 Å². The number of amides is 2. The van der Waals surface area contributed by atoms with E-state index in [2.05, 4.69) is 5.32 Å². The minimum Gasteiger partial charge on any atom is -0.497 e. The van der Waals surface area contributed by atoms with Gasteiger partial charge in [0.15, 0.2) is 0 Å². The number of rotatable bonds is 13. The molecule has 12 heteroatoms. The molecule has 226 valence electrons. The summed E-state index contributed by atoms with van der Waals surface area (Å²) >= 11 is 18.6. The molecule has 3 aromatic rings. The van der Waals surface area contributed by atoms with Crippen molar-refractivity contribution in [3.63, 3.8) is 0 Å². The zero-order chi connectivity index (χ0) is 31.0. The van der Waals surface area contributed by atoms with Crippen LogP contribution in [0.15, 0.2) is 71.6 Å². The molecule has 8 nitrogen and oxygen atoms in total. The van der Waals surface area contributed by atoms with E-state index in [9.17, 15) is 18.0 Å². The Labute approximate surface area is 262 Å². The normalized spacial score (nSPS) is 12.7. The van der Waals surface area contributed by atoms with Crippen LogP contribution in [0.2, 0.25) is 15.1 Å². The van der Waals surface area contributed by atoms with Gasteiger partial charge in [-0.2, -0.15) is 0 Å². The molecule has 0 aliphatic rings. The fourth-order valence-electron chi connectivity index (χ4n) is 4.23. The van der Waals surface area contributed by atoms with E-state index in [0.29, 0.717) is 32.8 Å². The first-order valence-electron chi connectivity index (χ1n) is 13.4. The first kappa shape index (κ1) is 33.5. The second-order valence-corrected chi connectivity index (χ2v) is 12.8. The summed E-state index contributed by atoms with van der Waals surface area (Å²) in [6, 6.07) is 16.0. The molecule has 3 aromatic carbocycles. The molecule has 0 aliphatic heterocycles. The number of sulfonamides is 1. The summed E-state index contributed by atoms with van der Waals surface area (Å²) in [5.41, 5.74) is 0.818. The molecular formula is C30H34Cl3N3O5S. The Kier molecular flexibility index (Phi) is 11.9. The summed E-state index contributed by atoms with van der Waals surface area (Å²) in [4.78, 5) is 28.8. The lowest BCUT2D eigenvalue weighted by molar-refractivity contribution is -0.140. The third-order valence-corrected chi connectivity index (χ3v) is 9.51. The van der Waals surface area contributed by atoms with Crippen molar-refractivity contribution in [2.45, 2.75) is 57.1 Å². The highest BCUT2D eigenvalue weighted by Crippen LogP contribution is 2.29. The van der Waals surface area contributed by atoms with Gasteiger partial charge in [0.1, 0.15) is 18.3 Å². The minimum atomic E-state index is -4.25. The van der Waals surface area contributed by atoms with Gasteiger partial charge in [-0.05, 0) is 79.9 Å². The molecule has 1 N–H and O–H groups in total. The van der Waals surface area contributed by atoms with Gasteiger partial charge in [0.05, 0.1) is 27.7 Å². The lowest BCUT2D eigenvalue weighted by Gasteiger charge is -2.33. The number of halogens is 3. The van der Waals surface area contributed by atoms with Gasteiger partial charge in [-0.25, -0.2) is 8.42 Å². The number of carbonyl (C=O) groups excluding carboxylic acids is 2. The minimum absolute atomic E-state index is 0.00583. The molecule has 0 fully saturated rings. The fraction of sp³-hybridized carbons (Fsp3) is 0.333. The van der Waals surface area contributed by atoms with Gasteiger partial charge in [-0.15, -0.1) is 0 Å². The van der Waals surface area contributed by atoms with Crippen molar-refractivity contribution in [3.05, 3.63) is 87.4 Å². The van der Waals surface area contributed by atoms with Crippen molar-refractivity contribution in [1.82, 2.24) is 10.2 Å². The Bertz CT molecular complexity index is 1500. The van der Waals surface area contributed by atoms with Crippen molar-refractivity contribution >= 4 is 62.3 Å². The van der Waals surface area contributed by atoms with Crippen LogP contribution in [0.5, 0.6) is 5.75 Å². The number of carbonyl (C=O) groups is 2. The number of nitrogens with zero attached hydrogens (tertiary/aromatic N) is 2. The summed E-state index contributed by atoms with van der Waals surface area (Å²) in [6.07, 6.45) is 0.989. The molecular weight excluding hydrogens is 621 g/mol. The zero-order valence-corrected chi connectivity index (χ0v) is 26.9. The van der Waals surface area contributed by atoms with Crippen molar-refractivity contribution in [2.24, 2.45) is 0 Å². The van der Waals surface area contributed by atoms with E-state index in [4.69, 9.17) is 39.5 Å². The highest BCUT2D eigenvalue weighted by Gasteiger charge is 2.34. The number of ether oxygens (including phenoxy) is 1. The number of anilines is 1. The fourth-order valence-corrected chi connectivity index (χ4v) is 6.14. The van der Waals surface area contributed by atoms with E-state index < -0.39 is 28.5 Å². The third-order valence-electron chi connectivity index (χ3n) is 6.75. The molecule has 0 spiro atoms. The second kappa shape index (κ2) is 15.0. The summed E-state index contributed by atoms with van der Waals surface area (Å²) in [7, 11) is -2.78. The first-order valence-corrected chi connectivity index (χ1v) is 15.9. The molecule has 0 aromatic heterocycles. The number of hydrogen-bond donors (Lipinski definition) is 1. The number of methoxy groups -OCH3 is 1. The van der Waals surface area contributed by atoms with Crippen LogP contribution < -0.4 is 14.4 Å². The highest BCUT2D eigenvalue weighted by atomic mass is 35.5. The molecule has 0 bridgehead atoms. The maximum Gasteiger partial charge on any atom is 0.264 e. The molecule has 0 radical (unpaired) electrons. The molecule has 2 amide bonds. The topological polar surface area (TPSA) is 96.0 Å². The SMILES string of the molecule is CC[C@H](C)NC(=O)[C@H](CC)N(Cc1ccc(Cl)c(Cl)c1)C(=O)CN(c1cccc(Cl)c1)S(=O)(=O)c1ccc(OC)cc1. The molecule has 42 heavy (non-hydrogen) atoms. The van der Waals surface area contributed by atoms with Gasteiger partial charge in [-0.1, -0.05) is 60.8 Å². The van der Waals surface area contributed by atoms with Crippen LogP contribution in [-0.2, 0) is 26.2 Å². The molecule has 2 atom stereocenters. The van der Waals surface area contributed by atoms with Crippen molar-refractivity contribution in [3.8, 4) is 5.75 Å². The standard InChI is InChI=1S/C30H34Cl3N3O5S/c1-5-20(3)34-30(38)28(6-2)35(18-21-10-15-26(32)27(33)16-21)29(37)19-36(23-9-7-8-22(31)17-23)42(39,40)25-13-11-24(41-4)12-14-25/h7-17,20,28H,5-6,18-19H2,1-4H3,(H,34,38)/t20-,28-/m0/s1. The van der Waals surface area contributed by atoms with Crippen LogP contribution in [-0.4, -0.2) is 50.9 Å². The zero-order valence-electron chi connectivity index (χ0n) is 23.8. The van der Waals surface area contributed by atoms with Crippen LogP contribution in [0.3, 0.4) is 0 Å². The molecule has 3 rings (SSSR count). The van der Waals surface area contributed by atoms with Crippen LogP contribution in [0.25, 0.3) is 0 Å². The third kappa shape index (κ3) is 8.31. The van der Waals surface area contributed by atoms with Crippen molar-refractivity contribution in [1.29, 1.82) is 0 Å². The molecule has 0 unspecified atom stereocenters. The molecule has 0 saturated carbocycles. The van der Waals surface area contributed by atoms with Crippen LogP contribution >= 0.6 is 34.8 Å². The average Bonchev–Trinajstić information content (AvgIpc) is 2.97. The average molecular weight is 655 g/mol. The predicted molar refractivity (Wildman–Crippen MR) is 168 cm³/mol. The summed E-state index contributed by atoms with van der Waals surface area (Å²) < 4.78 is 34.1. The summed E-state index contributed by atoms with van der Waals surface area (Å²) in [5.74, 6) is -0.456. The van der Waals surface area contributed by atoms with Gasteiger partial charge in [-0.3, -0.25) is 13.9 Å². The Morgan fingerprint density at radius 3 is 2.19 bits per heavy atom. The smallest absolute Gasteiger partial charge is 0.264 e. The lowest BCUT2D eigenvalue weighted by Crippen LogP contribution is -2.53. The van der Waals surface area contributed by atoms with Crippen LogP contribution in [0.1, 0.15) is 39.2 Å². The Balaban J connectivity index is 2.08. The van der Waals surface area contributed by atoms with Crippen LogP contribution in [0.4, 0.5) is 5.69 Å². The number of nitrogens with one attached hydrogen (secondary N) is 1. The van der Waals surface area contributed by atoms with E-state index in [0.717, 1.165) is 4.31 Å². The quantitative estimate of drug-likeness (QED) is 0.225. The van der Waals surface area contributed by atoms with Gasteiger partial charge < -0.3 is 15.0 Å². The van der Waals surface area contributed by atoms with E-state index in [-0.39, 0.29) is 35.5 Å². The number of hydrogen-bond acceptors (Lipinski definition) is 5. The Morgan fingerprint density at radius 2 is 1.62 bits per heavy atom. The summed E-state index contributed by atoms with van der Waals surface area (Å²) in [5, 5.41) is 3.87. The van der Waals surface area contributed by atoms with E-state index >= 15 is 0 Å². The predicted octanol–water partition coefficient (Wildman–Crippen LogP) is 6.57. The Morgan fingerprint density at radius 1 is 0.929 bits per heavy atom.